The molecular weight excluding hydrogens is 394 g/mol. The van der Waals surface area contributed by atoms with Crippen molar-refractivity contribution in [1.82, 2.24) is 5.01 Å². The molecule has 0 bridgehead atoms. The average Bonchev–Trinajstić information content (AvgIpc) is 2.80. The summed E-state index contributed by atoms with van der Waals surface area (Å²) in [5.74, 6) is -1.22. The second-order valence-electron chi connectivity index (χ2n) is 7.92. The molecule has 0 aromatic heterocycles. The first-order valence-corrected chi connectivity index (χ1v) is 10.7. The van der Waals surface area contributed by atoms with E-state index in [4.69, 9.17) is 15.2 Å². The Morgan fingerprint density at radius 1 is 1.13 bits per heavy atom. The number of aryl methyl sites for hydroxylation is 1. The van der Waals surface area contributed by atoms with E-state index in [1.165, 1.54) is 5.56 Å². The Bertz CT molecular complexity index is 952. The predicted octanol–water partition coefficient (Wildman–Crippen LogP) is 2.69. The zero-order valence-electron chi connectivity index (χ0n) is 17.4. The van der Waals surface area contributed by atoms with Gasteiger partial charge in [0.05, 0.1) is 44.5 Å². The molecule has 2 aliphatic rings. The van der Waals surface area contributed by atoms with Crippen LogP contribution in [0.1, 0.15) is 45.9 Å². The van der Waals surface area contributed by atoms with Crippen LogP contribution in [0.3, 0.4) is 0 Å². The Morgan fingerprint density at radius 2 is 1.87 bits per heavy atom. The van der Waals surface area contributed by atoms with Crippen molar-refractivity contribution in [2.45, 2.75) is 25.3 Å². The minimum Gasteiger partial charge on any atom is -0.389 e. The molecule has 2 aromatic rings. The van der Waals surface area contributed by atoms with E-state index in [9.17, 15) is 9.59 Å². The summed E-state index contributed by atoms with van der Waals surface area (Å²) in [5, 5.41) is 6.35. The highest BCUT2D eigenvalue weighted by atomic mass is 16.6. The second-order valence-corrected chi connectivity index (χ2v) is 7.92. The van der Waals surface area contributed by atoms with Crippen molar-refractivity contribution in [3.05, 3.63) is 70.8 Å². The van der Waals surface area contributed by atoms with Crippen LogP contribution >= 0.6 is 0 Å². The van der Waals surface area contributed by atoms with Gasteiger partial charge in [-0.1, -0.05) is 36.4 Å². The molecule has 7 nitrogen and oxygen atoms in total. The number of benzene rings is 2. The molecule has 2 atom stereocenters. The van der Waals surface area contributed by atoms with Crippen LogP contribution in [0.25, 0.3) is 0 Å². The van der Waals surface area contributed by atoms with Gasteiger partial charge < -0.3 is 15.2 Å². The van der Waals surface area contributed by atoms with E-state index >= 15 is 0 Å². The molecule has 0 saturated carbocycles. The number of carbonyl (C=O) groups is 2. The maximum Gasteiger partial charge on any atom is 0.345 e. The van der Waals surface area contributed by atoms with Crippen LogP contribution in [0.5, 0.6) is 0 Å². The Hall–Kier alpha value is -3.03. The highest BCUT2D eigenvalue weighted by molar-refractivity contribution is 5.97. The number of hydrogen-bond donors (Lipinski definition) is 1. The van der Waals surface area contributed by atoms with Crippen molar-refractivity contribution in [3.63, 3.8) is 0 Å². The molecule has 1 aliphatic carbocycles. The van der Waals surface area contributed by atoms with Crippen LogP contribution in [0.15, 0.2) is 53.6 Å². The Morgan fingerprint density at radius 3 is 2.65 bits per heavy atom. The number of fused-ring (bicyclic) bond motifs is 1. The summed E-state index contributed by atoms with van der Waals surface area (Å²) >= 11 is 0. The van der Waals surface area contributed by atoms with Gasteiger partial charge in [0.15, 0.2) is 0 Å². The summed E-state index contributed by atoms with van der Waals surface area (Å²) in [6, 6.07) is 14.6. The quantitative estimate of drug-likeness (QED) is 0.453. The fraction of sp³-hybridized carbons (Fsp3) is 0.375. The summed E-state index contributed by atoms with van der Waals surface area (Å²) in [4.78, 5) is 24.7. The normalized spacial score (nSPS) is 21.0. The van der Waals surface area contributed by atoms with E-state index in [0.717, 1.165) is 37.1 Å². The SMILES string of the molecule is NC1c2ccccc2CCC1CC(=O)OC(=O)c1ccc(C=NN2CCOCC2)cc1. The molecular formula is C24H27N3O4. The van der Waals surface area contributed by atoms with Gasteiger partial charge in [-0.25, -0.2) is 4.79 Å². The number of rotatable bonds is 5. The molecule has 4 rings (SSSR count). The Kier molecular flexibility index (Phi) is 6.74. The third-order valence-corrected chi connectivity index (χ3v) is 5.85. The lowest BCUT2D eigenvalue weighted by atomic mass is 9.78. The monoisotopic (exact) mass is 421 g/mol. The lowest BCUT2D eigenvalue weighted by Gasteiger charge is -2.30. The van der Waals surface area contributed by atoms with E-state index in [0.29, 0.717) is 18.8 Å². The molecule has 162 valence electrons. The molecule has 0 amide bonds. The van der Waals surface area contributed by atoms with Crippen molar-refractivity contribution in [2.75, 3.05) is 26.3 Å². The zero-order valence-corrected chi connectivity index (χ0v) is 17.4. The van der Waals surface area contributed by atoms with Gasteiger partial charge in [-0.05, 0) is 47.6 Å². The number of morpholine rings is 1. The van der Waals surface area contributed by atoms with Crippen LogP contribution in [0.2, 0.25) is 0 Å². The summed E-state index contributed by atoms with van der Waals surface area (Å²) in [6.07, 6.45) is 3.56. The number of esters is 2. The number of carbonyl (C=O) groups excluding carboxylic acids is 2. The molecule has 2 aromatic carbocycles. The lowest BCUT2D eigenvalue weighted by molar-refractivity contribution is -0.139. The molecule has 7 heteroatoms. The minimum absolute atomic E-state index is 0.0334. The summed E-state index contributed by atoms with van der Waals surface area (Å²) in [6.45, 7) is 2.88. The van der Waals surface area contributed by atoms with Gasteiger partial charge in [0.1, 0.15) is 0 Å². The minimum atomic E-state index is -0.647. The molecule has 0 radical (unpaired) electrons. The first kappa shape index (κ1) is 21.2. The molecule has 1 heterocycles. The van der Waals surface area contributed by atoms with Gasteiger partial charge >= 0.3 is 11.9 Å². The van der Waals surface area contributed by atoms with Gasteiger partial charge in [-0.15, -0.1) is 0 Å². The van der Waals surface area contributed by atoms with Crippen LogP contribution in [-0.4, -0.2) is 49.5 Å². The van der Waals surface area contributed by atoms with Crippen molar-refractivity contribution in [2.24, 2.45) is 16.8 Å². The van der Waals surface area contributed by atoms with Crippen molar-refractivity contribution < 1.29 is 19.1 Å². The number of hydrazone groups is 1. The fourth-order valence-electron chi connectivity index (χ4n) is 4.03. The third kappa shape index (κ3) is 5.37. The predicted molar refractivity (Wildman–Crippen MR) is 117 cm³/mol. The standard InChI is InChI=1S/C24H27N3O4/c25-23-20(10-9-18-3-1-2-4-21(18)23)15-22(28)31-24(29)19-7-5-17(6-8-19)16-26-27-11-13-30-14-12-27/h1-8,16,20,23H,9-15,25H2. The topological polar surface area (TPSA) is 94.2 Å². The fourth-order valence-corrected chi connectivity index (χ4v) is 4.03. The van der Waals surface area contributed by atoms with E-state index < -0.39 is 11.9 Å². The first-order valence-electron chi connectivity index (χ1n) is 10.7. The third-order valence-electron chi connectivity index (χ3n) is 5.85. The number of ether oxygens (including phenoxy) is 2. The van der Waals surface area contributed by atoms with Gasteiger partial charge in [-0.2, -0.15) is 5.10 Å². The lowest BCUT2D eigenvalue weighted by Crippen LogP contribution is -2.32. The molecule has 0 spiro atoms. The van der Waals surface area contributed by atoms with Crippen LogP contribution in [-0.2, 0) is 20.7 Å². The largest absolute Gasteiger partial charge is 0.389 e. The summed E-state index contributed by atoms with van der Waals surface area (Å²) in [7, 11) is 0. The van der Waals surface area contributed by atoms with Gasteiger partial charge in [0, 0.05) is 6.04 Å². The highest BCUT2D eigenvalue weighted by Crippen LogP contribution is 2.34. The second kappa shape index (κ2) is 9.85. The van der Waals surface area contributed by atoms with E-state index in [-0.39, 0.29) is 18.4 Å². The molecule has 31 heavy (non-hydrogen) atoms. The van der Waals surface area contributed by atoms with Crippen molar-refractivity contribution in [3.8, 4) is 0 Å². The van der Waals surface area contributed by atoms with Crippen molar-refractivity contribution >= 4 is 18.2 Å². The number of nitrogens with zero attached hydrogens (tertiary/aromatic N) is 2. The first-order chi connectivity index (χ1) is 15.1. The van der Waals surface area contributed by atoms with E-state index in [2.05, 4.69) is 11.2 Å². The van der Waals surface area contributed by atoms with Crippen molar-refractivity contribution in [1.29, 1.82) is 0 Å². The molecule has 2 unspecified atom stereocenters. The molecule has 1 saturated heterocycles. The highest BCUT2D eigenvalue weighted by Gasteiger charge is 2.29. The summed E-state index contributed by atoms with van der Waals surface area (Å²) in [5.41, 5.74) is 9.86. The average molecular weight is 421 g/mol. The Balaban J connectivity index is 1.30. The molecule has 1 aliphatic heterocycles. The number of nitrogens with two attached hydrogens (primary N) is 1. The molecule has 2 N–H and O–H groups in total. The molecule has 1 fully saturated rings. The van der Waals surface area contributed by atoms with Crippen LogP contribution in [0, 0.1) is 5.92 Å². The Labute approximate surface area is 181 Å². The van der Waals surface area contributed by atoms with E-state index in [1.54, 1.807) is 30.5 Å². The smallest absolute Gasteiger partial charge is 0.345 e. The number of hydrogen-bond acceptors (Lipinski definition) is 7. The maximum absolute atomic E-state index is 12.4. The van der Waals surface area contributed by atoms with E-state index in [1.807, 2.05) is 23.2 Å². The van der Waals surface area contributed by atoms with Crippen LogP contribution in [0.4, 0.5) is 0 Å². The van der Waals surface area contributed by atoms with Gasteiger partial charge in [0.2, 0.25) is 0 Å². The van der Waals surface area contributed by atoms with Gasteiger partial charge in [0.25, 0.3) is 0 Å². The maximum atomic E-state index is 12.4. The zero-order chi connectivity index (χ0) is 21.6. The summed E-state index contributed by atoms with van der Waals surface area (Å²) < 4.78 is 10.4. The van der Waals surface area contributed by atoms with Crippen LogP contribution < -0.4 is 5.73 Å². The van der Waals surface area contributed by atoms with Gasteiger partial charge in [-0.3, -0.25) is 9.80 Å².